The van der Waals surface area contributed by atoms with E-state index < -0.39 is 0 Å². The van der Waals surface area contributed by atoms with Crippen molar-refractivity contribution in [2.24, 2.45) is 5.92 Å². The van der Waals surface area contributed by atoms with Gasteiger partial charge in [-0.15, -0.1) is 0 Å². The summed E-state index contributed by atoms with van der Waals surface area (Å²) in [6, 6.07) is 20.8. The molecule has 0 atom stereocenters. The molecule has 0 unspecified atom stereocenters. The first-order valence-electron chi connectivity index (χ1n) is 11.1. The number of anilines is 1. The van der Waals surface area contributed by atoms with Gasteiger partial charge in [0.2, 0.25) is 5.91 Å². The van der Waals surface area contributed by atoms with Crippen molar-refractivity contribution < 1.29 is 14.4 Å². The summed E-state index contributed by atoms with van der Waals surface area (Å²) < 4.78 is 0. The molecule has 162 valence electrons. The fourth-order valence-electron chi connectivity index (χ4n) is 4.15. The first kappa shape index (κ1) is 20.2. The molecule has 1 aliphatic heterocycles. The lowest BCUT2D eigenvalue weighted by molar-refractivity contribution is -0.117. The van der Waals surface area contributed by atoms with E-state index in [4.69, 9.17) is 0 Å². The maximum atomic E-state index is 13.4. The molecule has 6 nitrogen and oxygen atoms in total. The van der Waals surface area contributed by atoms with Gasteiger partial charge in [0.1, 0.15) is 0 Å². The minimum atomic E-state index is -0.117. The summed E-state index contributed by atoms with van der Waals surface area (Å²) in [5.41, 5.74) is 1.72. The molecule has 2 aliphatic rings. The molecule has 32 heavy (non-hydrogen) atoms. The molecule has 0 radical (unpaired) electrons. The van der Waals surface area contributed by atoms with Crippen LogP contribution < -0.4 is 5.32 Å². The van der Waals surface area contributed by atoms with E-state index >= 15 is 0 Å². The highest BCUT2D eigenvalue weighted by atomic mass is 16.2. The van der Waals surface area contributed by atoms with Crippen LogP contribution in [0, 0.1) is 5.92 Å². The first-order valence-corrected chi connectivity index (χ1v) is 11.1. The van der Waals surface area contributed by atoms with Crippen molar-refractivity contribution in [1.82, 2.24) is 9.80 Å². The second kappa shape index (κ2) is 8.46. The molecule has 1 saturated heterocycles. The van der Waals surface area contributed by atoms with Crippen LogP contribution >= 0.6 is 0 Å². The van der Waals surface area contributed by atoms with Gasteiger partial charge in [-0.3, -0.25) is 14.4 Å². The normalized spacial score (nSPS) is 16.1. The summed E-state index contributed by atoms with van der Waals surface area (Å²) in [5, 5.41) is 4.92. The second-order valence-electron chi connectivity index (χ2n) is 8.46. The van der Waals surface area contributed by atoms with Crippen LogP contribution in [0.25, 0.3) is 10.8 Å². The summed E-state index contributed by atoms with van der Waals surface area (Å²) in [4.78, 5) is 42.2. The number of hydrogen-bond donors (Lipinski definition) is 1. The first-order chi connectivity index (χ1) is 15.6. The lowest BCUT2D eigenvalue weighted by atomic mass is 10.0. The maximum Gasteiger partial charge on any atom is 0.256 e. The number of rotatable bonds is 4. The van der Waals surface area contributed by atoms with E-state index in [-0.39, 0.29) is 23.6 Å². The maximum absolute atomic E-state index is 13.4. The van der Waals surface area contributed by atoms with Gasteiger partial charge < -0.3 is 15.1 Å². The van der Waals surface area contributed by atoms with E-state index in [0.717, 1.165) is 23.6 Å². The Bertz CT molecular complexity index is 1180. The molecule has 0 bridgehead atoms. The number of nitrogens with zero attached hydrogens (tertiary/aromatic N) is 2. The summed E-state index contributed by atoms with van der Waals surface area (Å²) >= 11 is 0. The minimum absolute atomic E-state index is 0.0132. The van der Waals surface area contributed by atoms with Gasteiger partial charge in [0, 0.05) is 37.7 Å². The largest absolute Gasteiger partial charge is 0.335 e. The molecule has 3 aromatic carbocycles. The summed E-state index contributed by atoms with van der Waals surface area (Å²) in [5.74, 6) is -0.0981. The molecule has 3 amide bonds. The number of hydrogen-bond acceptors (Lipinski definition) is 3. The van der Waals surface area contributed by atoms with Crippen molar-refractivity contribution >= 4 is 34.2 Å². The van der Waals surface area contributed by atoms with Gasteiger partial charge >= 0.3 is 0 Å². The summed E-state index contributed by atoms with van der Waals surface area (Å²) in [6.07, 6.45) is 1.81. The predicted octanol–water partition coefficient (Wildman–Crippen LogP) is 3.79. The van der Waals surface area contributed by atoms with Gasteiger partial charge in [0.05, 0.1) is 11.3 Å². The third kappa shape index (κ3) is 4.08. The van der Waals surface area contributed by atoms with Crippen molar-refractivity contribution in [2.75, 3.05) is 31.5 Å². The molecular weight excluding hydrogens is 402 g/mol. The third-order valence-electron chi connectivity index (χ3n) is 6.20. The monoisotopic (exact) mass is 427 g/mol. The quantitative estimate of drug-likeness (QED) is 0.689. The Morgan fingerprint density at radius 3 is 1.91 bits per heavy atom. The van der Waals surface area contributed by atoms with Crippen LogP contribution in [0.5, 0.6) is 0 Å². The third-order valence-corrected chi connectivity index (χ3v) is 6.20. The topological polar surface area (TPSA) is 69.7 Å². The molecule has 3 aromatic rings. The molecule has 5 rings (SSSR count). The van der Waals surface area contributed by atoms with E-state index in [1.54, 1.807) is 9.80 Å². The van der Waals surface area contributed by atoms with Crippen LogP contribution in [0.2, 0.25) is 0 Å². The van der Waals surface area contributed by atoms with E-state index in [2.05, 4.69) is 5.32 Å². The van der Waals surface area contributed by atoms with Gasteiger partial charge in [0.25, 0.3) is 11.8 Å². The van der Waals surface area contributed by atoms with E-state index in [1.165, 1.54) is 0 Å². The van der Waals surface area contributed by atoms with Crippen LogP contribution in [-0.2, 0) is 4.79 Å². The summed E-state index contributed by atoms with van der Waals surface area (Å²) in [6.45, 7) is 1.88. The van der Waals surface area contributed by atoms with Gasteiger partial charge in [-0.25, -0.2) is 0 Å². The van der Waals surface area contributed by atoms with Crippen LogP contribution in [-0.4, -0.2) is 53.7 Å². The Labute approximate surface area is 186 Å². The number of carbonyl (C=O) groups excluding carboxylic acids is 3. The molecular formula is C26H25N3O3. The van der Waals surface area contributed by atoms with Crippen molar-refractivity contribution in [3.05, 3.63) is 77.9 Å². The number of amides is 3. The van der Waals surface area contributed by atoms with Crippen molar-refractivity contribution in [1.29, 1.82) is 0 Å². The zero-order valence-electron chi connectivity index (χ0n) is 17.8. The average Bonchev–Trinajstić information content (AvgIpc) is 3.69. The zero-order chi connectivity index (χ0) is 22.1. The standard InChI is InChI=1S/C26H25N3O3/c30-24(18-10-11-18)27-23-17-21-9-5-4-8-20(21)16-22(23)26(32)29-14-12-28(13-15-29)25(31)19-6-2-1-3-7-19/h1-9,16-18H,10-15H2,(H,27,30). The van der Waals surface area contributed by atoms with Crippen molar-refractivity contribution in [3.63, 3.8) is 0 Å². The van der Waals surface area contributed by atoms with Crippen molar-refractivity contribution in [3.8, 4) is 0 Å². The van der Waals surface area contributed by atoms with Crippen molar-refractivity contribution in [2.45, 2.75) is 12.8 Å². The Kier molecular flexibility index (Phi) is 5.35. The van der Waals surface area contributed by atoms with E-state index in [0.29, 0.717) is 43.0 Å². The zero-order valence-corrected chi connectivity index (χ0v) is 17.8. The van der Waals surface area contributed by atoms with Crippen LogP contribution in [0.15, 0.2) is 66.7 Å². The number of benzene rings is 3. The van der Waals surface area contributed by atoms with Gasteiger partial charge in [-0.05, 0) is 47.9 Å². The molecule has 0 spiro atoms. The molecule has 1 heterocycles. The van der Waals surface area contributed by atoms with Gasteiger partial charge in [-0.2, -0.15) is 0 Å². The van der Waals surface area contributed by atoms with Crippen LogP contribution in [0.4, 0.5) is 5.69 Å². The highest BCUT2D eigenvalue weighted by Crippen LogP contribution is 2.32. The van der Waals surface area contributed by atoms with E-state index in [1.807, 2.05) is 66.7 Å². The van der Waals surface area contributed by atoms with E-state index in [9.17, 15) is 14.4 Å². The fourth-order valence-corrected chi connectivity index (χ4v) is 4.15. The highest BCUT2D eigenvalue weighted by molar-refractivity contribution is 6.08. The highest BCUT2D eigenvalue weighted by Gasteiger charge is 2.31. The summed E-state index contributed by atoms with van der Waals surface area (Å²) in [7, 11) is 0. The lowest BCUT2D eigenvalue weighted by Crippen LogP contribution is -2.50. The molecule has 1 saturated carbocycles. The Balaban J connectivity index is 1.35. The number of piperazine rings is 1. The number of fused-ring (bicyclic) bond motifs is 1. The number of carbonyl (C=O) groups is 3. The SMILES string of the molecule is O=C(Nc1cc2ccccc2cc1C(=O)N1CCN(C(=O)c2ccccc2)CC1)C1CC1. The van der Waals surface area contributed by atoms with Crippen LogP contribution in [0.1, 0.15) is 33.6 Å². The van der Waals surface area contributed by atoms with Crippen LogP contribution in [0.3, 0.4) is 0 Å². The fraction of sp³-hybridized carbons (Fsp3) is 0.269. The molecule has 1 N–H and O–H groups in total. The lowest BCUT2D eigenvalue weighted by Gasteiger charge is -2.35. The molecule has 2 fully saturated rings. The Morgan fingerprint density at radius 2 is 1.28 bits per heavy atom. The molecule has 6 heteroatoms. The second-order valence-corrected chi connectivity index (χ2v) is 8.46. The Morgan fingerprint density at radius 1 is 0.719 bits per heavy atom. The molecule has 0 aromatic heterocycles. The Hall–Kier alpha value is -3.67. The van der Waals surface area contributed by atoms with Gasteiger partial charge in [-0.1, -0.05) is 42.5 Å². The van der Waals surface area contributed by atoms with Gasteiger partial charge in [0.15, 0.2) is 0 Å². The number of nitrogens with one attached hydrogen (secondary N) is 1. The smallest absolute Gasteiger partial charge is 0.256 e. The molecule has 1 aliphatic carbocycles. The predicted molar refractivity (Wildman–Crippen MR) is 124 cm³/mol. The average molecular weight is 428 g/mol. The minimum Gasteiger partial charge on any atom is -0.335 e.